The van der Waals surface area contributed by atoms with Crippen molar-refractivity contribution in [2.24, 2.45) is 5.73 Å². The summed E-state index contributed by atoms with van der Waals surface area (Å²) in [5.41, 5.74) is 5.48. The fraction of sp³-hybridized carbons (Fsp3) is 0.517. The first-order chi connectivity index (χ1) is 18.3. The molecule has 0 aromatic heterocycles. The molecule has 4 amide bonds. The summed E-state index contributed by atoms with van der Waals surface area (Å²) in [6.45, 7) is 2.28. The molecular weight excluding hydrogens is 482 g/mol. The molecule has 38 heavy (non-hydrogen) atoms. The van der Waals surface area contributed by atoms with Crippen LogP contribution in [-0.4, -0.2) is 54.8 Å². The normalized spacial score (nSPS) is 16.3. The van der Waals surface area contributed by atoms with Crippen molar-refractivity contribution in [2.75, 3.05) is 13.6 Å². The van der Waals surface area contributed by atoms with Gasteiger partial charge in [-0.3, -0.25) is 19.2 Å². The Labute approximate surface area is 224 Å². The highest BCUT2D eigenvalue weighted by atomic mass is 16.2. The van der Waals surface area contributed by atoms with E-state index in [9.17, 15) is 19.2 Å². The summed E-state index contributed by atoms with van der Waals surface area (Å²) < 4.78 is 0. The highest BCUT2D eigenvalue weighted by Crippen LogP contribution is 2.29. The van der Waals surface area contributed by atoms with E-state index in [1.54, 1.807) is 7.05 Å². The lowest BCUT2D eigenvalue weighted by molar-refractivity contribution is -0.138. The van der Waals surface area contributed by atoms with Crippen molar-refractivity contribution in [3.63, 3.8) is 0 Å². The maximum atomic E-state index is 13.5. The standard InChI is InChI=1S/C29H41N5O4/c1-3-23(31-2)27(37)34-29(16-7-4-8-17-29)28(38)33-24(19-25(30)35)26(36)32-18-10-14-21-13-9-12-20-11-5-6-15-22(20)21/h5-6,9,11-13,15,23-24,31H,3-4,7-8,10,14,16-19H2,1-2H3,(H2,30,35)(H,32,36)(H,33,38)(H,34,37). The molecule has 2 aromatic rings. The van der Waals surface area contributed by atoms with Gasteiger partial charge < -0.3 is 27.0 Å². The van der Waals surface area contributed by atoms with Crippen LogP contribution < -0.4 is 27.0 Å². The van der Waals surface area contributed by atoms with Crippen molar-refractivity contribution in [1.29, 1.82) is 0 Å². The van der Waals surface area contributed by atoms with Crippen LogP contribution in [0, 0.1) is 0 Å². The van der Waals surface area contributed by atoms with Crippen molar-refractivity contribution >= 4 is 34.4 Å². The van der Waals surface area contributed by atoms with Crippen molar-refractivity contribution < 1.29 is 19.2 Å². The van der Waals surface area contributed by atoms with E-state index in [1.165, 1.54) is 16.3 Å². The Kier molecular flexibility index (Phi) is 10.6. The van der Waals surface area contributed by atoms with E-state index in [-0.39, 0.29) is 12.3 Å². The first kappa shape index (κ1) is 29.1. The molecule has 1 aliphatic carbocycles. The quantitative estimate of drug-likeness (QED) is 0.256. The molecule has 0 spiro atoms. The number of rotatable bonds is 13. The van der Waals surface area contributed by atoms with Gasteiger partial charge in [-0.05, 0) is 55.5 Å². The van der Waals surface area contributed by atoms with E-state index < -0.39 is 35.3 Å². The van der Waals surface area contributed by atoms with Gasteiger partial charge in [-0.15, -0.1) is 0 Å². The number of amides is 4. The minimum absolute atomic E-state index is 0.253. The predicted molar refractivity (Wildman–Crippen MR) is 148 cm³/mol. The van der Waals surface area contributed by atoms with Gasteiger partial charge in [0.25, 0.3) is 0 Å². The van der Waals surface area contributed by atoms with Crippen molar-refractivity contribution in [2.45, 2.75) is 82.3 Å². The molecule has 1 saturated carbocycles. The first-order valence-electron chi connectivity index (χ1n) is 13.6. The van der Waals surface area contributed by atoms with E-state index in [4.69, 9.17) is 5.73 Å². The molecule has 2 atom stereocenters. The Morgan fingerprint density at radius 3 is 2.34 bits per heavy atom. The van der Waals surface area contributed by atoms with Crippen LogP contribution in [0.5, 0.6) is 0 Å². The average Bonchev–Trinajstić information content (AvgIpc) is 2.91. The van der Waals surface area contributed by atoms with Crippen molar-refractivity contribution in [3.8, 4) is 0 Å². The number of carbonyl (C=O) groups is 4. The van der Waals surface area contributed by atoms with Crippen LogP contribution in [0.2, 0.25) is 0 Å². The van der Waals surface area contributed by atoms with Crippen LogP contribution in [0.3, 0.4) is 0 Å². The first-order valence-corrected chi connectivity index (χ1v) is 13.6. The van der Waals surface area contributed by atoms with Crippen molar-refractivity contribution in [1.82, 2.24) is 21.3 Å². The fourth-order valence-electron chi connectivity index (χ4n) is 5.24. The van der Waals surface area contributed by atoms with Crippen molar-refractivity contribution in [3.05, 3.63) is 48.0 Å². The van der Waals surface area contributed by atoms with Gasteiger partial charge >= 0.3 is 0 Å². The Bertz CT molecular complexity index is 1120. The highest BCUT2D eigenvalue weighted by molar-refractivity contribution is 5.97. The number of hydrogen-bond donors (Lipinski definition) is 5. The lowest BCUT2D eigenvalue weighted by atomic mass is 9.80. The maximum absolute atomic E-state index is 13.5. The fourth-order valence-corrected chi connectivity index (χ4v) is 5.24. The number of hydrogen-bond acceptors (Lipinski definition) is 5. The number of nitrogens with two attached hydrogens (primary N) is 1. The van der Waals surface area contributed by atoms with Crippen LogP contribution in [0.4, 0.5) is 0 Å². The number of benzene rings is 2. The molecule has 9 heteroatoms. The molecule has 0 heterocycles. The second-order valence-corrected chi connectivity index (χ2v) is 10.1. The zero-order valence-corrected chi connectivity index (χ0v) is 22.5. The monoisotopic (exact) mass is 523 g/mol. The van der Waals surface area contributed by atoms with E-state index in [1.807, 2.05) is 25.1 Å². The Morgan fingerprint density at radius 1 is 0.947 bits per heavy atom. The molecule has 3 rings (SSSR count). The largest absolute Gasteiger partial charge is 0.370 e. The lowest BCUT2D eigenvalue weighted by Crippen LogP contribution is -2.64. The summed E-state index contributed by atoms with van der Waals surface area (Å²) in [4.78, 5) is 51.1. The van der Waals surface area contributed by atoms with Gasteiger partial charge in [0.2, 0.25) is 23.6 Å². The van der Waals surface area contributed by atoms with Crippen LogP contribution in [0.1, 0.15) is 63.9 Å². The number of carbonyl (C=O) groups excluding carboxylic acids is 4. The van der Waals surface area contributed by atoms with Gasteiger partial charge in [0.15, 0.2) is 0 Å². The number of fused-ring (bicyclic) bond motifs is 1. The van der Waals surface area contributed by atoms with Gasteiger partial charge in [-0.1, -0.05) is 68.7 Å². The third-order valence-corrected chi connectivity index (χ3v) is 7.41. The number of primary amides is 1. The summed E-state index contributed by atoms with van der Waals surface area (Å²) in [7, 11) is 1.70. The van der Waals surface area contributed by atoms with Gasteiger partial charge in [0.1, 0.15) is 11.6 Å². The SMILES string of the molecule is CCC(NC)C(=O)NC1(C(=O)NC(CC(N)=O)C(=O)NCCCc2cccc3ccccc23)CCCCC1. The number of nitrogens with one attached hydrogen (secondary N) is 4. The zero-order valence-electron chi connectivity index (χ0n) is 22.5. The average molecular weight is 524 g/mol. The summed E-state index contributed by atoms with van der Waals surface area (Å²) >= 11 is 0. The lowest BCUT2D eigenvalue weighted by Gasteiger charge is -2.38. The Morgan fingerprint density at radius 2 is 1.66 bits per heavy atom. The summed E-state index contributed by atoms with van der Waals surface area (Å²) in [5.74, 6) is -1.86. The number of likely N-dealkylation sites (N-methyl/N-ethyl adjacent to an activating group) is 1. The topological polar surface area (TPSA) is 142 Å². The smallest absolute Gasteiger partial charge is 0.246 e. The molecule has 0 radical (unpaired) electrons. The third kappa shape index (κ3) is 7.54. The molecule has 0 aliphatic heterocycles. The summed E-state index contributed by atoms with van der Waals surface area (Å²) in [6, 6.07) is 12.8. The molecule has 206 valence electrons. The Hall–Kier alpha value is -3.46. The van der Waals surface area contributed by atoms with E-state index in [2.05, 4.69) is 45.5 Å². The minimum atomic E-state index is -1.12. The second kappa shape index (κ2) is 13.9. The van der Waals surface area contributed by atoms with E-state index >= 15 is 0 Å². The molecule has 6 N–H and O–H groups in total. The molecule has 1 fully saturated rings. The van der Waals surface area contributed by atoms with Gasteiger partial charge in [-0.25, -0.2) is 0 Å². The van der Waals surface area contributed by atoms with Crippen LogP contribution in [-0.2, 0) is 25.6 Å². The minimum Gasteiger partial charge on any atom is -0.370 e. The van der Waals surface area contributed by atoms with E-state index in [0.717, 1.165) is 25.7 Å². The molecule has 2 aromatic carbocycles. The molecule has 0 bridgehead atoms. The van der Waals surface area contributed by atoms with Crippen LogP contribution in [0.25, 0.3) is 10.8 Å². The summed E-state index contributed by atoms with van der Waals surface area (Å²) in [6.07, 6.45) is 5.20. The van der Waals surface area contributed by atoms with Crippen LogP contribution >= 0.6 is 0 Å². The highest BCUT2D eigenvalue weighted by Gasteiger charge is 2.43. The third-order valence-electron chi connectivity index (χ3n) is 7.41. The molecule has 0 saturated heterocycles. The Balaban J connectivity index is 1.63. The zero-order chi connectivity index (χ0) is 27.5. The predicted octanol–water partition coefficient (Wildman–Crippen LogP) is 2.07. The van der Waals surface area contributed by atoms with Gasteiger partial charge in [0, 0.05) is 6.54 Å². The maximum Gasteiger partial charge on any atom is 0.246 e. The number of aryl methyl sites for hydroxylation is 1. The second-order valence-electron chi connectivity index (χ2n) is 10.1. The molecular formula is C29H41N5O4. The van der Waals surface area contributed by atoms with Gasteiger partial charge in [0.05, 0.1) is 12.5 Å². The van der Waals surface area contributed by atoms with Gasteiger partial charge in [-0.2, -0.15) is 0 Å². The van der Waals surface area contributed by atoms with Crippen LogP contribution in [0.15, 0.2) is 42.5 Å². The molecule has 1 aliphatic rings. The van der Waals surface area contributed by atoms with E-state index in [0.29, 0.717) is 32.2 Å². The summed E-state index contributed by atoms with van der Waals surface area (Å²) in [5, 5.41) is 13.9. The molecule has 2 unspecified atom stereocenters. The molecule has 9 nitrogen and oxygen atoms in total.